The number of fused-ring (bicyclic) bond motifs is 1. The monoisotopic (exact) mass is 302 g/mol. The summed E-state index contributed by atoms with van der Waals surface area (Å²) in [7, 11) is 0. The Hall–Kier alpha value is -1.95. The van der Waals surface area contributed by atoms with Gasteiger partial charge < -0.3 is 10.3 Å². The molecule has 1 aliphatic rings. The molecule has 110 valence electrons. The number of allylic oxidation sites excluding steroid dienone is 2. The van der Waals surface area contributed by atoms with Crippen molar-refractivity contribution in [3.05, 3.63) is 46.5 Å². The summed E-state index contributed by atoms with van der Waals surface area (Å²) in [5.41, 5.74) is 1.57. The number of aromatic amines is 2. The Balaban J connectivity index is 1.77. The van der Waals surface area contributed by atoms with Crippen LogP contribution in [0.3, 0.4) is 0 Å². The van der Waals surface area contributed by atoms with Crippen LogP contribution in [-0.2, 0) is 0 Å². The highest BCUT2D eigenvalue weighted by Gasteiger charge is 2.13. The predicted octanol–water partition coefficient (Wildman–Crippen LogP) is 3.02. The van der Waals surface area contributed by atoms with E-state index < -0.39 is 0 Å². The molecule has 1 aliphatic carbocycles. The Morgan fingerprint density at radius 3 is 3.05 bits per heavy atom. The third-order valence-corrected chi connectivity index (χ3v) is 4.50. The van der Waals surface area contributed by atoms with Gasteiger partial charge in [0.2, 0.25) is 0 Å². The molecule has 0 saturated carbocycles. The number of pyridine rings is 1. The van der Waals surface area contributed by atoms with Gasteiger partial charge in [0.05, 0.1) is 5.52 Å². The fourth-order valence-corrected chi connectivity index (χ4v) is 3.43. The number of thioether (sulfide) groups is 1. The van der Waals surface area contributed by atoms with Gasteiger partial charge in [0, 0.05) is 17.1 Å². The molecule has 3 N–H and O–H groups in total. The van der Waals surface area contributed by atoms with Crippen LogP contribution in [0.1, 0.15) is 20.3 Å². The molecule has 2 aromatic heterocycles. The molecule has 0 spiro atoms. The van der Waals surface area contributed by atoms with E-state index >= 15 is 0 Å². The lowest BCUT2D eigenvalue weighted by Gasteiger charge is -2.18. The average molecular weight is 302 g/mol. The molecule has 0 saturated heterocycles. The summed E-state index contributed by atoms with van der Waals surface area (Å²) < 4.78 is 0. The van der Waals surface area contributed by atoms with Crippen LogP contribution >= 0.6 is 11.8 Å². The van der Waals surface area contributed by atoms with E-state index in [1.165, 1.54) is 0 Å². The van der Waals surface area contributed by atoms with Crippen LogP contribution in [0.2, 0.25) is 0 Å². The van der Waals surface area contributed by atoms with Crippen molar-refractivity contribution in [3.63, 3.8) is 0 Å². The van der Waals surface area contributed by atoms with Crippen molar-refractivity contribution < 1.29 is 0 Å². The van der Waals surface area contributed by atoms with Crippen molar-refractivity contribution in [2.45, 2.75) is 30.8 Å². The lowest BCUT2D eigenvalue weighted by Crippen LogP contribution is -2.10. The van der Waals surface area contributed by atoms with E-state index in [2.05, 4.69) is 52.6 Å². The van der Waals surface area contributed by atoms with E-state index in [-0.39, 0.29) is 5.56 Å². The Morgan fingerprint density at radius 2 is 2.33 bits per heavy atom. The lowest BCUT2D eigenvalue weighted by atomic mass is 10.1. The van der Waals surface area contributed by atoms with Crippen molar-refractivity contribution >= 4 is 28.5 Å². The summed E-state index contributed by atoms with van der Waals surface area (Å²) in [6.07, 6.45) is 9.01. The maximum atomic E-state index is 11.9. The molecule has 5 nitrogen and oxygen atoms in total. The number of anilines is 1. The smallest absolute Gasteiger partial charge is 0.261 e. The second-order valence-electron chi connectivity index (χ2n) is 5.27. The van der Waals surface area contributed by atoms with Gasteiger partial charge in [-0.05, 0) is 23.8 Å². The highest BCUT2D eigenvalue weighted by molar-refractivity contribution is 8.00. The van der Waals surface area contributed by atoms with Crippen LogP contribution in [0, 0.1) is 0 Å². The van der Waals surface area contributed by atoms with E-state index in [4.69, 9.17) is 0 Å². The quantitative estimate of drug-likeness (QED) is 0.811. The largest absolute Gasteiger partial charge is 0.338 e. The Bertz CT molecular complexity index is 756. The molecule has 0 bridgehead atoms. The summed E-state index contributed by atoms with van der Waals surface area (Å²) in [4.78, 5) is 14.5. The second kappa shape index (κ2) is 5.81. The molecule has 1 atom stereocenters. The molecular formula is C15H18N4OS. The fraction of sp³-hybridized carbons (Fsp3) is 0.333. The van der Waals surface area contributed by atoms with Crippen LogP contribution in [0.5, 0.6) is 0 Å². The van der Waals surface area contributed by atoms with Gasteiger partial charge in [-0.1, -0.05) is 26.0 Å². The van der Waals surface area contributed by atoms with E-state index in [9.17, 15) is 4.79 Å². The van der Waals surface area contributed by atoms with Gasteiger partial charge in [0.1, 0.15) is 5.39 Å². The molecule has 1 unspecified atom stereocenters. The molecular weight excluding hydrogens is 284 g/mol. The first-order chi connectivity index (χ1) is 10.1. The lowest BCUT2D eigenvalue weighted by molar-refractivity contribution is 1.01. The van der Waals surface area contributed by atoms with Crippen LogP contribution < -0.4 is 10.9 Å². The first-order valence-electron chi connectivity index (χ1n) is 7.00. The average Bonchev–Trinajstić information content (AvgIpc) is 2.85. The van der Waals surface area contributed by atoms with Crippen molar-refractivity contribution in [2.24, 2.45) is 0 Å². The number of hydrogen-bond donors (Lipinski definition) is 3. The normalized spacial score (nSPS) is 18.2. The highest BCUT2D eigenvalue weighted by atomic mass is 32.2. The summed E-state index contributed by atoms with van der Waals surface area (Å²) in [5.74, 6) is 0.567. The number of rotatable bonds is 4. The molecule has 21 heavy (non-hydrogen) atoms. The van der Waals surface area contributed by atoms with E-state index in [0.29, 0.717) is 21.7 Å². The number of hydrogen-bond acceptors (Lipinski definition) is 4. The van der Waals surface area contributed by atoms with E-state index in [0.717, 1.165) is 17.6 Å². The zero-order valence-electron chi connectivity index (χ0n) is 12.0. The first-order valence-corrected chi connectivity index (χ1v) is 7.94. The predicted molar refractivity (Wildman–Crippen MR) is 88.7 cm³/mol. The minimum atomic E-state index is -0.141. The minimum absolute atomic E-state index is 0.141. The standard InChI is InChI=1S/C15H18N4OS/c1-9(2)21-11-5-3-10(4-6-11)17-14-13-12(18-19-14)7-8-16-15(13)20/h3-5,7-9,11H,6H2,1-2H3,(H,16,20)(H2,17,18,19). The van der Waals surface area contributed by atoms with Gasteiger partial charge in [0.25, 0.3) is 5.56 Å². The fourth-order valence-electron chi connectivity index (χ4n) is 2.35. The topological polar surface area (TPSA) is 73.6 Å². The highest BCUT2D eigenvalue weighted by Crippen LogP contribution is 2.26. The van der Waals surface area contributed by atoms with E-state index in [1.807, 2.05) is 11.8 Å². The van der Waals surface area contributed by atoms with Gasteiger partial charge in [-0.15, -0.1) is 0 Å². The van der Waals surface area contributed by atoms with Gasteiger partial charge in [0.15, 0.2) is 5.82 Å². The molecule has 0 aliphatic heterocycles. The number of aromatic nitrogens is 3. The zero-order valence-corrected chi connectivity index (χ0v) is 12.8. The molecule has 0 fully saturated rings. The van der Waals surface area contributed by atoms with Crippen LogP contribution in [0.25, 0.3) is 10.9 Å². The molecule has 2 heterocycles. The third kappa shape index (κ3) is 3.05. The van der Waals surface area contributed by atoms with Crippen LogP contribution in [0.4, 0.5) is 5.82 Å². The maximum Gasteiger partial charge on any atom is 0.261 e. The number of nitrogens with one attached hydrogen (secondary N) is 3. The zero-order chi connectivity index (χ0) is 14.8. The Kier molecular flexibility index (Phi) is 3.88. The number of H-pyrrole nitrogens is 2. The molecule has 0 aromatic carbocycles. The summed E-state index contributed by atoms with van der Waals surface area (Å²) >= 11 is 1.95. The van der Waals surface area contributed by atoms with Crippen LogP contribution in [-0.4, -0.2) is 25.7 Å². The molecule has 6 heteroatoms. The Labute approximate surface area is 126 Å². The third-order valence-electron chi connectivity index (χ3n) is 3.26. The molecule has 0 radical (unpaired) electrons. The van der Waals surface area contributed by atoms with Crippen molar-refractivity contribution in [2.75, 3.05) is 5.32 Å². The van der Waals surface area contributed by atoms with E-state index in [1.54, 1.807) is 12.3 Å². The van der Waals surface area contributed by atoms with Gasteiger partial charge in [-0.25, -0.2) is 0 Å². The van der Waals surface area contributed by atoms with Gasteiger partial charge >= 0.3 is 0 Å². The van der Waals surface area contributed by atoms with Crippen LogP contribution in [0.15, 0.2) is 41.0 Å². The van der Waals surface area contributed by atoms with Crippen molar-refractivity contribution in [1.82, 2.24) is 15.2 Å². The second-order valence-corrected chi connectivity index (χ2v) is 7.09. The Morgan fingerprint density at radius 1 is 1.48 bits per heavy atom. The van der Waals surface area contributed by atoms with Crippen molar-refractivity contribution in [1.29, 1.82) is 0 Å². The number of nitrogens with zero attached hydrogens (tertiary/aromatic N) is 1. The van der Waals surface area contributed by atoms with Gasteiger partial charge in [-0.2, -0.15) is 16.9 Å². The SMILES string of the molecule is CC(C)SC1C=CC(Nc2n[nH]c3cc[nH]c(=O)c23)=CC1. The molecule has 3 rings (SSSR count). The molecule has 2 aromatic rings. The minimum Gasteiger partial charge on any atom is -0.338 e. The first kappa shape index (κ1) is 14.0. The summed E-state index contributed by atoms with van der Waals surface area (Å²) in [5, 5.41) is 12.0. The van der Waals surface area contributed by atoms with Gasteiger partial charge in [-0.3, -0.25) is 9.89 Å². The summed E-state index contributed by atoms with van der Waals surface area (Å²) in [6.45, 7) is 4.41. The summed E-state index contributed by atoms with van der Waals surface area (Å²) in [6, 6.07) is 1.80. The molecule has 0 amide bonds. The van der Waals surface area contributed by atoms with Crippen molar-refractivity contribution in [3.8, 4) is 0 Å². The maximum absolute atomic E-state index is 11.9.